The molecule has 0 saturated heterocycles. The molecule has 0 heterocycles. The number of carbonyl (C=O) groups excluding carboxylic acids is 1. The third-order valence-electron chi connectivity index (χ3n) is 2.89. The second kappa shape index (κ2) is 6.14. The Morgan fingerprint density at radius 3 is 2.72 bits per heavy atom. The summed E-state index contributed by atoms with van der Waals surface area (Å²) >= 11 is 0. The number of ether oxygens (including phenoxy) is 1. The molecule has 0 aliphatic heterocycles. The second-order valence-corrected chi connectivity index (χ2v) is 4.32. The van der Waals surface area contributed by atoms with Crippen molar-refractivity contribution in [1.82, 2.24) is 5.32 Å². The van der Waals surface area contributed by atoms with Crippen LogP contribution in [0.2, 0.25) is 0 Å². The quantitative estimate of drug-likeness (QED) is 0.769. The first-order chi connectivity index (χ1) is 8.49. The van der Waals surface area contributed by atoms with Crippen LogP contribution in [0.1, 0.15) is 6.92 Å². The number of amides is 1. The third-order valence-corrected chi connectivity index (χ3v) is 2.89. The van der Waals surface area contributed by atoms with Gasteiger partial charge in [-0.15, -0.1) is 0 Å². The van der Waals surface area contributed by atoms with Crippen LogP contribution in [0.4, 0.5) is 11.4 Å². The van der Waals surface area contributed by atoms with Crippen molar-refractivity contribution in [3.05, 3.63) is 18.2 Å². The maximum absolute atomic E-state index is 11.5. The number of anilines is 2. The molecule has 0 saturated carbocycles. The van der Waals surface area contributed by atoms with Gasteiger partial charge in [-0.05, 0) is 12.1 Å². The molecule has 0 radical (unpaired) electrons. The van der Waals surface area contributed by atoms with E-state index in [0.717, 1.165) is 11.4 Å². The summed E-state index contributed by atoms with van der Waals surface area (Å²) in [6.45, 7) is 2.49. The Hall–Kier alpha value is -1.91. The average molecular weight is 251 g/mol. The molecule has 0 fully saturated rings. The summed E-state index contributed by atoms with van der Waals surface area (Å²) in [6.07, 6.45) is 0. The molecule has 100 valence electrons. The summed E-state index contributed by atoms with van der Waals surface area (Å²) in [5.74, 6) is 0.652. The van der Waals surface area contributed by atoms with Crippen LogP contribution in [0.25, 0.3) is 0 Å². The monoisotopic (exact) mass is 251 g/mol. The number of nitrogens with zero attached hydrogens (tertiary/aromatic N) is 1. The number of benzene rings is 1. The van der Waals surface area contributed by atoms with Gasteiger partial charge in [-0.3, -0.25) is 4.79 Å². The fourth-order valence-electron chi connectivity index (χ4n) is 1.85. The fraction of sp³-hybridized carbons (Fsp3) is 0.462. The van der Waals surface area contributed by atoms with Crippen molar-refractivity contribution in [1.29, 1.82) is 0 Å². The van der Waals surface area contributed by atoms with Crippen molar-refractivity contribution in [2.24, 2.45) is 5.92 Å². The second-order valence-electron chi connectivity index (χ2n) is 4.32. The number of nitrogens with one attached hydrogen (secondary N) is 1. The highest BCUT2D eigenvalue weighted by Gasteiger charge is 2.15. The van der Waals surface area contributed by atoms with Gasteiger partial charge in [-0.2, -0.15) is 0 Å². The Balaban J connectivity index is 2.78. The van der Waals surface area contributed by atoms with Gasteiger partial charge in [0.25, 0.3) is 0 Å². The molecular formula is C13H21N3O2. The van der Waals surface area contributed by atoms with Crippen molar-refractivity contribution >= 4 is 17.3 Å². The summed E-state index contributed by atoms with van der Waals surface area (Å²) in [5.41, 5.74) is 7.49. The molecular weight excluding hydrogens is 230 g/mol. The molecule has 3 N–H and O–H groups in total. The number of nitrogens with two attached hydrogens (primary N) is 1. The van der Waals surface area contributed by atoms with Gasteiger partial charge in [0.2, 0.25) is 5.91 Å². The standard InChI is InChI=1S/C13H21N3O2/c1-9(13(17)15-2)8-16(3)12-6-5-10(18-4)7-11(12)14/h5-7,9H,8,14H2,1-4H3,(H,15,17). The minimum Gasteiger partial charge on any atom is -0.497 e. The molecule has 0 aliphatic carbocycles. The number of hydrogen-bond acceptors (Lipinski definition) is 4. The van der Waals surface area contributed by atoms with Crippen LogP contribution in [-0.4, -0.2) is 33.7 Å². The van der Waals surface area contributed by atoms with Crippen LogP contribution in [0.3, 0.4) is 0 Å². The van der Waals surface area contributed by atoms with Gasteiger partial charge < -0.3 is 20.7 Å². The SMILES string of the molecule is CNC(=O)C(C)CN(C)c1ccc(OC)cc1N. The van der Waals surface area contributed by atoms with Gasteiger partial charge in [-0.25, -0.2) is 0 Å². The van der Waals surface area contributed by atoms with E-state index in [1.54, 1.807) is 20.2 Å². The largest absolute Gasteiger partial charge is 0.497 e. The van der Waals surface area contributed by atoms with E-state index in [2.05, 4.69) is 5.32 Å². The van der Waals surface area contributed by atoms with Crippen molar-refractivity contribution in [2.75, 3.05) is 38.4 Å². The summed E-state index contributed by atoms with van der Waals surface area (Å²) in [5, 5.41) is 2.64. The van der Waals surface area contributed by atoms with Gasteiger partial charge in [-0.1, -0.05) is 6.92 Å². The van der Waals surface area contributed by atoms with E-state index >= 15 is 0 Å². The van der Waals surface area contributed by atoms with E-state index in [1.165, 1.54) is 0 Å². The fourth-order valence-corrected chi connectivity index (χ4v) is 1.85. The van der Waals surface area contributed by atoms with E-state index in [1.807, 2.05) is 31.0 Å². The predicted octanol–water partition coefficient (Wildman–Crippen LogP) is 1.10. The topological polar surface area (TPSA) is 67.6 Å². The number of methoxy groups -OCH3 is 1. The molecule has 1 aromatic carbocycles. The number of hydrogen-bond donors (Lipinski definition) is 2. The zero-order chi connectivity index (χ0) is 13.7. The minimum atomic E-state index is -0.0958. The summed E-state index contributed by atoms with van der Waals surface area (Å²) < 4.78 is 5.10. The van der Waals surface area contributed by atoms with Crippen molar-refractivity contribution in [3.8, 4) is 5.75 Å². The summed E-state index contributed by atoms with van der Waals surface area (Å²) in [4.78, 5) is 13.4. The lowest BCUT2D eigenvalue weighted by atomic mass is 10.1. The highest BCUT2D eigenvalue weighted by Crippen LogP contribution is 2.27. The number of rotatable bonds is 5. The van der Waals surface area contributed by atoms with Gasteiger partial charge >= 0.3 is 0 Å². The summed E-state index contributed by atoms with van der Waals surface area (Å²) in [6, 6.07) is 5.52. The van der Waals surface area contributed by atoms with E-state index in [9.17, 15) is 4.79 Å². The maximum Gasteiger partial charge on any atom is 0.224 e. The first-order valence-electron chi connectivity index (χ1n) is 5.85. The third kappa shape index (κ3) is 3.29. The van der Waals surface area contributed by atoms with Crippen LogP contribution >= 0.6 is 0 Å². The molecule has 1 atom stereocenters. The first-order valence-corrected chi connectivity index (χ1v) is 5.85. The Bertz CT molecular complexity index is 421. The van der Waals surface area contributed by atoms with Crippen LogP contribution in [-0.2, 0) is 4.79 Å². The van der Waals surface area contributed by atoms with Crippen LogP contribution in [0, 0.1) is 5.92 Å². The Labute approximate surface area is 108 Å². The summed E-state index contributed by atoms with van der Waals surface area (Å²) in [7, 11) is 5.16. The van der Waals surface area contributed by atoms with Crippen LogP contribution in [0.5, 0.6) is 5.75 Å². The van der Waals surface area contributed by atoms with Crippen molar-refractivity contribution in [2.45, 2.75) is 6.92 Å². The first kappa shape index (κ1) is 14.2. The minimum absolute atomic E-state index is 0.0222. The lowest BCUT2D eigenvalue weighted by molar-refractivity contribution is -0.123. The predicted molar refractivity (Wildman–Crippen MR) is 73.9 cm³/mol. The lowest BCUT2D eigenvalue weighted by Gasteiger charge is -2.24. The normalized spacial score (nSPS) is 11.8. The zero-order valence-corrected chi connectivity index (χ0v) is 11.4. The number of nitrogen functional groups attached to an aromatic ring is 1. The van der Waals surface area contributed by atoms with Crippen molar-refractivity contribution < 1.29 is 9.53 Å². The smallest absolute Gasteiger partial charge is 0.224 e. The molecule has 5 heteroatoms. The molecule has 0 spiro atoms. The van der Waals surface area contributed by atoms with E-state index in [-0.39, 0.29) is 11.8 Å². The van der Waals surface area contributed by atoms with E-state index in [4.69, 9.17) is 10.5 Å². The highest BCUT2D eigenvalue weighted by atomic mass is 16.5. The molecule has 0 aromatic heterocycles. The Morgan fingerprint density at radius 2 is 2.22 bits per heavy atom. The number of carbonyl (C=O) groups is 1. The van der Waals surface area contributed by atoms with E-state index < -0.39 is 0 Å². The Kier molecular flexibility index (Phi) is 4.83. The van der Waals surface area contributed by atoms with Crippen LogP contribution < -0.4 is 20.7 Å². The van der Waals surface area contributed by atoms with Gasteiger partial charge in [0.05, 0.1) is 24.4 Å². The van der Waals surface area contributed by atoms with Gasteiger partial charge in [0, 0.05) is 26.7 Å². The van der Waals surface area contributed by atoms with Gasteiger partial charge in [0.1, 0.15) is 5.75 Å². The molecule has 0 aliphatic rings. The molecule has 1 aromatic rings. The maximum atomic E-state index is 11.5. The molecule has 1 amide bonds. The molecule has 5 nitrogen and oxygen atoms in total. The van der Waals surface area contributed by atoms with E-state index in [0.29, 0.717) is 12.2 Å². The molecule has 1 rings (SSSR count). The molecule has 1 unspecified atom stereocenters. The lowest BCUT2D eigenvalue weighted by Crippen LogP contribution is -2.34. The average Bonchev–Trinajstić information content (AvgIpc) is 2.37. The van der Waals surface area contributed by atoms with Crippen LogP contribution in [0.15, 0.2) is 18.2 Å². The Morgan fingerprint density at radius 1 is 1.56 bits per heavy atom. The highest BCUT2D eigenvalue weighted by molar-refractivity contribution is 5.79. The van der Waals surface area contributed by atoms with Gasteiger partial charge in [0.15, 0.2) is 0 Å². The zero-order valence-electron chi connectivity index (χ0n) is 11.4. The molecule has 0 bridgehead atoms. The van der Waals surface area contributed by atoms with Crippen molar-refractivity contribution in [3.63, 3.8) is 0 Å². The molecule has 18 heavy (non-hydrogen) atoms.